The van der Waals surface area contributed by atoms with Crippen LogP contribution in [0, 0.1) is 31.5 Å². The fraction of sp³-hybridized carbons (Fsp3) is 0.267. The number of thioether (sulfide) groups is 1. The highest BCUT2D eigenvalue weighted by molar-refractivity contribution is 7.98. The maximum absolute atomic E-state index is 13.2. The highest BCUT2D eigenvalue weighted by Crippen LogP contribution is 2.25. The molecule has 0 aliphatic carbocycles. The van der Waals surface area contributed by atoms with Crippen LogP contribution in [-0.2, 0) is 5.75 Å². The van der Waals surface area contributed by atoms with Crippen LogP contribution in [0.5, 0.6) is 0 Å². The monoisotopic (exact) mass is 291 g/mol. The molecule has 2 aromatic rings. The number of hydrogen-bond acceptors (Lipinski definition) is 4. The van der Waals surface area contributed by atoms with Crippen LogP contribution in [0.3, 0.4) is 0 Å². The summed E-state index contributed by atoms with van der Waals surface area (Å²) in [7, 11) is 0. The molecule has 0 bridgehead atoms. The molecule has 1 heterocycles. The lowest BCUT2D eigenvalue weighted by Gasteiger charge is -2.03. The molecule has 104 valence electrons. The SMILES string of the molecule is Cc1nc(SCc2ccc(F)cc2C#CCO)oc1C. The maximum atomic E-state index is 13.2. The van der Waals surface area contributed by atoms with Gasteiger partial charge >= 0.3 is 0 Å². The molecule has 0 atom stereocenters. The van der Waals surface area contributed by atoms with Gasteiger partial charge in [0.1, 0.15) is 18.2 Å². The summed E-state index contributed by atoms with van der Waals surface area (Å²) in [5.74, 6) is 6.32. The van der Waals surface area contributed by atoms with Crippen molar-refractivity contribution in [3.05, 3.63) is 46.6 Å². The fourth-order valence-electron chi connectivity index (χ4n) is 1.57. The highest BCUT2D eigenvalue weighted by atomic mass is 32.2. The first kappa shape index (κ1) is 14.6. The van der Waals surface area contributed by atoms with Gasteiger partial charge in [0.2, 0.25) is 0 Å². The molecule has 0 saturated carbocycles. The lowest BCUT2D eigenvalue weighted by Crippen LogP contribution is -1.90. The zero-order valence-corrected chi connectivity index (χ0v) is 12.1. The number of nitrogens with zero attached hydrogens (tertiary/aromatic N) is 1. The lowest BCUT2D eigenvalue weighted by atomic mass is 10.1. The molecule has 3 nitrogen and oxygen atoms in total. The first-order valence-electron chi connectivity index (χ1n) is 6.05. The van der Waals surface area contributed by atoms with Gasteiger partial charge in [-0.15, -0.1) is 0 Å². The van der Waals surface area contributed by atoms with Crippen LogP contribution in [0.1, 0.15) is 22.6 Å². The molecule has 0 aliphatic heterocycles. The molecule has 0 spiro atoms. The summed E-state index contributed by atoms with van der Waals surface area (Å²) < 4.78 is 18.7. The number of aliphatic hydroxyl groups is 1. The van der Waals surface area contributed by atoms with E-state index in [1.807, 2.05) is 13.8 Å². The number of aliphatic hydroxyl groups excluding tert-OH is 1. The van der Waals surface area contributed by atoms with Gasteiger partial charge < -0.3 is 9.52 Å². The summed E-state index contributed by atoms with van der Waals surface area (Å²) >= 11 is 1.43. The summed E-state index contributed by atoms with van der Waals surface area (Å²) in [5, 5.41) is 9.32. The van der Waals surface area contributed by atoms with E-state index < -0.39 is 0 Å². The Kier molecular flexibility index (Phi) is 4.83. The predicted octanol–water partition coefficient (Wildman–Crippen LogP) is 3.07. The molecule has 2 rings (SSSR count). The van der Waals surface area contributed by atoms with Crippen molar-refractivity contribution in [2.75, 3.05) is 6.61 Å². The number of aryl methyl sites for hydroxylation is 2. The van der Waals surface area contributed by atoms with Gasteiger partial charge in [-0.3, -0.25) is 0 Å². The Morgan fingerprint density at radius 1 is 1.40 bits per heavy atom. The number of rotatable bonds is 3. The van der Waals surface area contributed by atoms with Gasteiger partial charge in [-0.25, -0.2) is 9.37 Å². The molecule has 0 amide bonds. The van der Waals surface area contributed by atoms with Crippen LogP contribution in [0.25, 0.3) is 0 Å². The Balaban J connectivity index is 2.16. The summed E-state index contributed by atoms with van der Waals surface area (Å²) in [6.45, 7) is 3.50. The van der Waals surface area contributed by atoms with Crippen LogP contribution in [0.15, 0.2) is 27.8 Å². The fourth-order valence-corrected chi connectivity index (χ4v) is 2.49. The van der Waals surface area contributed by atoms with Crippen molar-refractivity contribution in [3.8, 4) is 11.8 Å². The number of benzene rings is 1. The quantitative estimate of drug-likeness (QED) is 0.697. The molecule has 0 unspecified atom stereocenters. The van der Waals surface area contributed by atoms with Gasteiger partial charge in [0.05, 0.1) is 5.69 Å². The van der Waals surface area contributed by atoms with E-state index in [1.54, 1.807) is 6.07 Å². The average Bonchev–Trinajstić information content (AvgIpc) is 2.74. The minimum atomic E-state index is -0.344. The zero-order valence-electron chi connectivity index (χ0n) is 11.2. The van der Waals surface area contributed by atoms with Crippen LogP contribution in [-0.4, -0.2) is 16.7 Å². The summed E-state index contributed by atoms with van der Waals surface area (Å²) in [5.41, 5.74) is 2.32. The topological polar surface area (TPSA) is 46.3 Å². The van der Waals surface area contributed by atoms with Crippen molar-refractivity contribution in [2.24, 2.45) is 0 Å². The minimum absolute atomic E-state index is 0.249. The zero-order chi connectivity index (χ0) is 14.5. The van der Waals surface area contributed by atoms with E-state index in [-0.39, 0.29) is 12.4 Å². The molecular formula is C15H14FNO2S. The van der Waals surface area contributed by atoms with E-state index in [2.05, 4.69) is 16.8 Å². The lowest BCUT2D eigenvalue weighted by molar-refractivity contribution is 0.350. The van der Waals surface area contributed by atoms with Crippen molar-refractivity contribution in [2.45, 2.75) is 24.8 Å². The van der Waals surface area contributed by atoms with Crippen molar-refractivity contribution < 1.29 is 13.9 Å². The minimum Gasteiger partial charge on any atom is -0.437 e. The standard InChI is InChI=1S/C15H14FNO2S/c1-10-11(2)19-15(17-10)20-9-13-5-6-14(16)8-12(13)4-3-7-18/h5-6,8,18H,7,9H2,1-2H3. The second kappa shape index (κ2) is 6.60. The van der Waals surface area contributed by atoms with Crippen LogP contribution < -0.4 is 0 Å². The molecular weight excluding hydrogens is 277 g/mol. The predicted molar refractivity (Wildman–Crippen MR) is 75.9 cm³/mol. The first-order valence-corrected chi connectivity index (χ1v) is 7.03. The smallest absolute Gasteiger partial charge is 0.256 e. The van der Waals surface area contributed by atoms with Crippen LogP contribution >= 0.6 is 11.8 Å². The van der Waals surface area contributed by atoms with Crippen LogP contribution in [0.4, 0.5) is 4.39 Å². The molecule has 20 heavy (non-hydrogen) atoms. The highest BCUT2D eigenvalue weighted by Gasteiger charge is 2.08. The van der Waals surface area contributed by atoms with E-state index >= 15 is 0 Å². The van der Waals surface area contributed by atoms with Gasteiger partial charge in [0, 0.05) is 11.3 Å². The van der Waals surface area contributed by atoms with E-state index in [4.69, 9.17) is 9.52 Å². The summed E-state index contributed by atoms with van der Waals surface area (Å²) in [6.07, 6.45) is 0. The Labute approximate surface area is 121 Å². The number of hydrogen-bond donors (Lipinski definition) is 1. The second-order valence-corrected chi connectivity index (χ2v) is 5.10. The van der Waals surface area contributed by atoms with E-state index in [0.29, 0.717) is 16.5 Å². The number of oxazole rings is 1. The van der Waals surface area contributed by atoms with Gasteiger partial charge in [0.15, 0.2) is 0 Å². The molecule has 1 N–H and O–H groups in total. The maximum Gasteiger partial charge on any atom is 0.256 e. The summed E-state index contributed by atoms with van der Waals surface area (Å²) in [6, 6.07) is 4.45. The number of aromatic nitrogens is 1. The van der Waals surface area contributed by atoms with E-state index in [1.165, 1.54) is 23.9 Å². The second-order valence-electron chi connectivity index (χ2n) is 4.17. The van der Waals surface area contributed by atoms with Crippen LogP contribution in [0.2, 0.25) is 0 Å². The summed E-state index contributed by atoms with van der Waals surface area (Å²) in [4.78, 5) is 4.28. The van der Waals surface area contributed by atoms with Gasteiger partial charge in [-0.2, -0.15) is 0 Å². The third kappa shape index (κ3) is 3.62. The molecule has 0 radical (unpaired) electrons. The largest absolute Gasteiger partial charge is 0.437 e. The Hall–Kier alpha value is -1.77. The molecule has 0 aliphatic rings. The third-order valence-corrected chi connectivity index (χ3v) is 3.61. The Morgan fingerprint density at radius 3 is 2.85 bits per heavy atom. The number of halogens is 1. The van der Waals surface area contributed by atoms with Gasteiger partial charge in [-0.1, -0.05) is 29.7 Å². The molecule has 0 saturated heterocycles. The molecule has 0 fully saturated rings. The first-order chi connectivity index (χ1) is 9.60. The Bertz CT molecular complexity index is 651. The molecule has 1 aromatic heterocycles. The van der Waals surface area contributed by atoms with Crippen molar-refractivity contribution >= 4 is 11.8 Å². The van der Waals surface area contributed by atoms with Crippen molar-refractivity contribution in [3.63, 3.8) is 0 Å². The van der Waals surface area contributed by atoms with Gasteiger partial charge in [0.25, 0.3) is 5.22 Å². The normalized spacial score (nSPS) is 10.2. The Morgan fingerprint density at radius 2 is 2.20 bits per heavy atom. The van der Waals surface area contributed by atoms with Gasteiger partial charge in [-0.05, 0) is 31.5 Å². The molecule has 5 heteroatoms. The average molecular weight is 291 g/mol. The van der Waals surface area contributed by atoms with E-state index in [0.717, 1.165) is 17.0 Å². The van der Waals surface area contributed by atoms with Crippen molar-refractivity contribution in [1.29, 1.82) is 0 Å². The third-order valence-electron chi connectivity index (χ3n) is 2.73. The van der Waals surface area contributed by atoms with E-state index in [9.17, 15) is 4.39 Å². The molecule has 1 aromatic carbocycles. The van der Waals surface area contributed by atoms with Crippen molar-refractivity contribution in [1.82, 2.24) is 4.98 Å².